The van der Waals surface area contributed by atoms with Crippen molar-refractivity contribution < 1.29 is 14.3 Å². The maximum Gasteiger partial charge on any atom is 0.337 e. The molecule has 0 spiro atoms. The van der Waals surface area contributed by atoms with Crippen LogP contribution in [0, 0.1) is 0 Å². The molecular formula is C25H17N3O3. The average Bonchev–Trinajstić information content (AvgIpc) is 2.83. The van der Waals surface area contributed by atoms with E-state index in [9.17, 15) is 4.79 Å². The molecule has 0 atom stereocenters. The largest absolute Gasteiger partial charge is 0.465 e. The molecule has 5 aromatic rings. The van der Waals surface area contributed by atoms with E-state index in [1.54, 1.807) is 30.6 Å². The van der Waals surface area contributed by atoms with Gasteiger partial charge in [0.2, 0.25) is 0 Å². The Morgan fingerprint density at radius 2 is 1.71 bits per heavy atom. The highest BCUT2D eigenvalue weighted by Crippen LogP contribution is 2.36. The summed E-state index contributed by atoms with van der Waals surface area (Å²) in [6.07, 6.45) is 3.37. The Labute approximate surface area is 178 Å². The Hall–Kier alpha value is -4.32. The summed E-state index contributed by atoms with van der Waals surface area (Å²) >= 11 is 0. The Morgan fingerprint density at radius 1 is 0.839 bits per heavy atom. The normalized spacial score (nSPS) is 10.9. The minimum atomic E-state index is -0.410. The van der Waals surface area contributed by atoms with Gasteiger partial charge in [-0.3, -0.25) is 4.98 Å². The Morgan fingerprint density at radius 3 is 2.55 bits per heavy atom. The number of ether oxygens (including phenoxy) is 2. The van der Waals surface area contributed by atoms with Gasteiger partial charge >= 0.3 is 5.97 Å². The zero-order valence-corrected chi connectivity index (χ0v) is 16.6. The van der Waals surface area contributed by atoms with Crippen LogP contribution in [0.25, 0.3) is 33.2 Å². The predicted octanol–water partition coefficient (Wildman–Crippen LogP) is 5.42. The van der Waals surface area contributed by atoms with Gasteiger partial charge in [-0.05, 0) is 42.5 Å². The van der Waals surface area contributed by atoms with Crippen LogP contribution in [0.3, 0.4) is 0 Å². The fourth-order valence-electron chi connectivity index (χ4n) is 3.44. The van der Waals surface area contributed by atoms with Crippen LogP contribution in [0.4, 0.5) is 0 Å². The van der Waals surface area contributed by atoms with Crippen molar-refractivity contribution in [3.63, 3.8) is 0 Å². The van der Waals surface area contributed by atoms with Gasteiger partial charge in [0.1, 0.15) is 11.4 Å². The van der Waals surface area contributed by atoms with Gasteiger partial charge in [-0.1, -0.05) is 30.3 Å². The summed E-state index contributed by atoms with van der Waals surface area (Å²) in [4.78, 5) is 25.4. The number of hydrogen-bond donors (Lipinski definition) is 0. The van der Waals surface area contributed by atoms with E-state index in [2.05, 4.69) is 9.97 Å². The number of fused-ring (bicyclic) bond motifs is 2. The predicted molar refractivity (Wildman–Crippen MR) is 118 cm³/mol. The zero-order valence-electron chi connectivity index (χ0n) is 16.6. The summed E-state index contributed by atoms with van der Waals surface area (Å²) in [5, 5.41) is 1.66. The number of methoxy groups -OCH3 is 1. The lowest BCUT2D eigenvalue weighted by Gasteiger charge is -2.13. The molecule has 0 aliphatic carbocycles. The quantitative estimate of drug-likeness (QED) is 0.370. The van der Waals surface area contributed by atoms with E-state index in [1.807, 2.05) is 54.6 Å². The van der Waals surface area contributed by atoms with Crippen molar-refractivity contribution in [3.8, 4) is 22.8 Å². The highest BCUT2D eigenvalue weighted by molar-refractivity contribution is 5.96. The molecule has 0 amide bonds. The van der Waals surface area contributed by atoms with Crippen LogP contribution in [0.2, 0.25) is 0 Å². The Bertz CT molecular complexity index is 1420. The van der Waals surface area contributed by atoms with E-state index in [4.69, 9.17) is 14.5 Å². The molecule has 0 aliphatic rings. The lowest BCUT2D eigenvalue weighted by atomic mass is 10.1. The monoisotopic (exact) mass is 407 g/mol. The van der Waals surface area contributed by atoms with Gasteiger partial charge in [0.25, 0.3) is 0 Å². The minimum Gasteiger partial charge on any atom is -0.465 e. The van der Waals surface area contributed by atoms with Crippen LogP contribution >= 0.6 is 0 Å². The van der Waals surface area contributed by atoms with Gasteiger partial charge in [-0.2, -0.15) is 0 Å². The number of esters is 1. The lowest BCUT2D eigenvalue weighted by Crippen LogP contribution is -2.01. The van der Waals surface area contributed by atoms with E-state index in [0.29, 0.717) is 33.9 Å². The van der Waals surface area contributed by atoms with Crippen LogP contribution < -0.4 is 4.74 Å². The molecular weight excluding hydrogens is 390 g/mol. The van der Waals surface area contributed by atoms with Crippen LogP contribution in [0.5, 0.6) is 11.5 Å². The number of aromatic nitrogens is 3. The molecule has 31 heavy (non-hydrogen) atoms. The van der Waals surface area contributed by atoms with Crippen LogP contribution in [-0.2, 0) is 4.74 Å². The molecule has 6 nitrogen and oxygen atoms in total. The van der Waals surface area contributed by atoms with E-state index in [-0.39, 0.29) is 0 Å². The maximum atomic E-state index is 11.9. The first-order chi connectivity index (χ1) is 15.2. The molecule has 150 valence electrons. The van der Waals surface area contributed by atoms with Crippen molar-refractivity contribution in [2.45, 2.75) is 0 Å². The van der Waals surface area contributed by atoms with Crippen molar-refractivity contribution >= 4 is 27.9 Å². The van der Waals surface area contributed by atoms with Crippen molar-refractivity contribution in [2.24, 2.45) is 0 Å². The molecule has 3 heterocycles. The van der Waals surface area contributed by atoms with Gasteiger partial charge in [0, 0.05) is 28.7 Å². The van der Waals surface area contributed by atoms with Gasteiger partial charge in [0.15, 0.2) is 11.4 Å². The molecule has 2 aromatic carbocycles. The highest BCUT2D eigenvalue weighted by Gasteiger charge is 2.15. The summed E-state index contributed by atoms with van der Waals surface area (Å²) in [7, 11) is 1.35. The number of pyridine rings is 3. The van der Waals surface area contributed by atoms with Crippen molar-refractivity contribution in [1.29, 1.82) is 0 Å². The second-order valence-corrected chi connectivity index (χ2v) is 6.89. The van der Waals surface area contributed by atoms with E-state index in [0.717, 1.165) is 16.3 Å². The molecule has 0 bridgehead atoms. The molecule has 6 heteroatoms. The summed E-state index contributed by atoms with van der Waals surface area (Å²) in [5.41, 5.74) is 3.34. The molecule has 3 aromatic heterocycles. The van der Waals surface area contributed by atoms with Gasteiger partial charge in [0.05, 0.1) is 18.2 Å². The average molecular weight is 407 g/mol. The first-order valence-electron chi connectivity index (χ1n) is 9.69. The lowest BCUT2D eigenvalue weighted by molar-refractivity contribution is 0.0601. The van der Waals surface area contributed by atoms with Gasteiger partial charge < -0.3 is 9.47 Å². The third kappa shape index (κ3) is 3.55. The van der Waals surface area contributed by atoms with E-state index in [1.165, 1.54) is 7.11 Å². The number of benzene rings is 2. The van der Waals surface area contributed by atoms with E-state index >= 15 is 0 Å². The molecule has 0 unspecified atom stereocenters. The Kier molecular flexibility index (Phi) is 4.72. The van der Waals surface area contributed by atoms with Gasteiger partial charge in [-0.15, -0.1) is 0 Å². The zero-order chi connectivity index (χ0) is 21.2. The molecule has 0 aliphatic heterocycles. The summed E-state index contributed by atoms with van der Waals surface area (Å²) in [6, 6.07) is 22.6. The second-order valence-electron chi connectivity index (χ2n) is 6.89. The third-order valence-corrected chi connectivity index (χ3v) is 4.95. The summed E-state index contributed by atoms with van der Waals surface area (Å²) in [5.74, 6) is 0.812. The first kappa shape index (κ1) is 18.7. The standard InChI is InChI=1S/C25H17N3O3/c1-30-25(29)18-9-10-19-20(14-18)26-13-11-21(19)31-22-15-17-8-5-12-27-24(17)28-23(22)16-6-3-2-4-7-16/h2-15H,1H3. The van der Waals surface area contributed by atoms with Crippen molar-refractivity contribution in [3.05, 3.63) is 90.8 Å². The van der Waals surface area contributed by atoms with Crippen molar-refractivity contribution in [2.75, 3.05) is 7.11 Å². The van der Waals surface area contributed by atoms with Crippen LogP contribution in [0.1, 0.15) is 10.4 Å². The number of nitrogens with zero attached hydrogens (tertiary/aromatic N) is 3. The summed E-state index contributed by atoms with van der Waals surface area (Å²) < 4.78 is 11.2. The molecule has 5 rings (SSSR count). The first-order valence-corrected chi connectivity index (χ1v) is 9.69. The SMILES string of the molecule is COC(=O)c1ccc2c(Oc3cc4cccnc4nc3-c3ccccc3)ccnc2c1. The maximum absolute atomic E-state index is 11.9. The fraction of sp³-hybridized carbons (Fsp3) is 0.0400. The third-order valence-electron chi connectivity index (χ3n) is 4.95. The number of rotatable bonds is 4. The molecule has 0 saturated carbocycles. The molecule has 0 saturated heterocycles. The van der Waals surface area contributed by atoms with Crippen molar-refractivity contribution in [1.82, 2.24) is 15.0 Å². The topological polar surface area (TPSA) is 74.2 Å². The smallest absolute Gasteiger partial charge is 0.337 e. The second kappa shape index (κ2) is 7.84. The number of carbonyl (C=O) groups excluding carboxylic acids is 1. The highest BCUT2D eigenvalue weighted by atomic mass is 16.5. The molecule has 0 fully saturated rings. The molecule has 0 radical (unpaired) electrons. The minimum absolute atomic E-state index is 0.410. The van der Waals surface area contributed by atoms with Crippen LogP contribution in [-0.4, -0.2) is 28.0 Å². The Balaban J connectivity index is 1.65. The molecule has 0 N–H and O–H groups in total. The van der Waals surface area contributed by atoms with E-state index < -0.39 is 5.97 Å². The fourth-order valence-corrected chi connectivity index (χ4v) is 3.44. The summed E-state index contributed by atoms with van der Waals surface area (Å²) in [6.45, 7) is 0. The number of carbonyl (C=O) groups is 1. The number of hydrogen-bond acceptors (Lipinski definition) is 6. The van der Waals surface area contributed by atoms with Gasteiger partial charge in [-0.25, -0.2) is 14.8 Å². The van der Waals surface area contributed by atoms with Crippen LogP contribution in [0.15, 0.2) is 85.2 Å².